The molecule has 0 unspecified atom stereocenters. The zero-order valence-electron chi connectivity index (χ0n) is 5.37. The van der Waals surface area contributed by atoms with Crippen LogP contribution in [0.5, 0.6) is 0 Å². The Balaban J connectivity index is 2.85. The van der Waals surface area contributed by atoms with Gasteiger partial charge < -0.3 is 0 Å². The number of nitrogens with zero attached hydrogens (tertiary/aromatic N) is 2. The highest BCUT2D eigenvalue weighted by molar-refractivity contribution is 8.00. The Kier molecular flexibility index (Phi) is 2.16. The molecule has 1 aromatic rings. The SMILES string of the molecule is [CH2]Sc1ccnn1CC. The Morgan fingerprint density at radius 3 is 3.11 bits per heavy atom. The Hall–Kier alpha value is -0.440. The molecule has 9 heavy (non-hydrogen) atoms. The van der Waals surface area contributed by atoms with Gasteiger partial charge in [0.15, 0.2) is 0 Å². The molecule has 0 bridgehead atoms. The molecule has 0 amide bonds. The minimum Gasteiger partial charge on any atom is -0.259 e. The van der Waals surface area contributed by atoms with Crippen LogP contribution >= 0.6 is 11.8 Å². The normalized spacial score (nSPS) is 10.0. The van der Waals surface area contributed by atoms with Gasteiger partial charge in [0.2, 0.25) is 0 Å². The molecule has 1 heterocycles. The van der Waals surface area contributed by atoms with Crippen molar-refractivity contribution < 1.29 is 0 Å². The van der Waals surface area contributed by atoms with Gasteiger partial charge in [0.05, 0.1) is 11.2 Å². The molecular formula is C6H9N2S. The molecule has 0 fully saturated rings. The van der Waals surface area contributed by atoms with Crippen LogP contribution in [0.2, 0.25) is 0 Å². The third-order valence-electron chi connectivity index (χ3n) is 1.12. The highest BCUT2D eigenvalue weighted by Gasteiger charge is 1.94. The van der Waals surface area contributed by atoms with Crippen LogP contribution in [0.3, 0.4) is 0 Å². The Bertz CT molecular complexity index is 164. The molecule has 0 saturated carbocycles. The summed E-state index contributed by atoms with van der Waals surface area (Å²) in [7, 11) is 0. The standard InChI is InChI=1S/C6H9N2S/c1-3-8-6(9-2)4-5-7-8/h4-5H,2-3H2,1H3. The van der Waals surface area contributed by atoms with Crippen molar-refractivity contribution in [3.05, 3.63) is 18.5 Å². The van der Waals surface area contributed by atoms with Gasteiger partial charge in [-0.2, -0.15) is 5.10 Å². The van der Waals surface area contributed by atoms with Crippen molar-refractivity contribution in [1.82, 2.24) is 9.78 Å². The Morgan fingerprint density at radius 1 is 1.89 bits per heavy atom. The summed E-state index contributed by atoms with van der Waals surface area (Å²) in [5.74, 6) is 0. The molecule has 1 rings (SSSR count). The molecule has 2 nitrogen and oxygen atoms in total. The highest BCUT2D eigenvalue weighted by Crippen LogP contribution is 2.13. The van der Waals surface area contributed by atoms with Crippen LogP contribution in [0.1, 0.15) is 6.92 Å². The molecule has 0 spiro atoms. The van der Waals surface area contributed by atoms with Gasteiger partial charge in [-0.3, -0.25) is 4.68 Å². The van der Waals surface area contributed by atoms with E-state index in [-0.39, 0.29) is 0 Å². The third kappa shape index (κ3) is 1.27. The summed E-state index contributed by atoms with van der Waals surface area (Å²) in [5.41, 5.74) is 0. The predicted molar refractivity (Wildman–Crippen MR) is 39.1 cm³/mol. The van der Waals surface area contributed by atoms with Gasteiger partial charge in [-0.1, -0.05) is 0 Å². The second kappa shape index (κ2) is 2.92. The maximum Gasteiger partial charge on any atom is 0.0939 e. The van der Waals surface area contributed by atoms with Crippen molar-refractivity contribution >= 4 is 11.8 Å². The van der Waals surface area contributed by atoms with Crippen LogP contribution < -0.4 is 0 Å². The van der Waals surface area contributed by atoms with Crippen molar-refractivity contribution in [3.8, 4) is 0 Å². The zero-order chi connectivity index (χ0) is 6.69. The molecule has 0 saturated heterocycles. The van der Waals surface area contributed by atoms with Gasteiger partial charge in [-0.15, -0.1) is 11.8 Å². The van der Waals surface area contributed by atoms with Gasteiger partial charge in [0.25, 0.3) is 0 Å². The number of hydrogen-bond donors (Lipinski definition) is 0. The molecule has 3 heteroatoms. The van der Waals surface area contributed by atoms with Crippen molar-refractivity contribution in [2.75, 3.05) is 0 Å². The summed E-state index contributed by atoms with van der Waals surface area (Å²) >= 11 is 1.48. The van der Waals surface area contributed by atoms with E-state index in [1.165, 1.54) is 11.8 Å². The number of hydrogen-bond acceptors (Lipinski definition) is 2. The molecule has 0 aromatic carbocycles. The van der Waals surface area contributed by atoms with Crippen molar-refractivity contribution in [2.45, 2.75) is 18.5 Å². The summed E-state index contributed by atoms with van der Waals surface area (Å²) in [6.45, 7) is 2.98. The number of rotatable bonds is 2. The van der Waals surface area contributed by atoms with Crippen molar-refractivity contribution in [2.24, 2.45) is 0 Å². The number of aryl methyl sites for hydroxylation is 1. The fourth-order valence-electron chi connectivity index (χ4n) is 0.681. The molecule has 0 atom stereocenters. The van der Waals surface area contributed by atoms with E-state index in [1.54, 1.807) is 6.20 Å². The molecular weight excluding hydrogens is 132 g/mol. The van der Waals surface area contributed by atoms with E-state index in [9.17, 15) is 0 Å². The first-order valence-electron chi connectivity index (χ1n) is 2.82. The fraction of sp³-hybridized carbons (Fsp3) is 0.333. The van der Waals surface area contributed by atoms with Crippen LogP contribution in [0.15, 0.2) is 17.3 Å². The van der Waals surface area contributed by atoms with E-state index in [4.69, 9.17) is 0 Å². The van der Waals surface area contributed by atoms with E-state index in [2.05, 4.69) is 18.3 Å². The highest BCUT2D eigenvalue weighted by atomic mass is 32.2. The van der Waals surface area contributed by atoms with Crippen LogP contribution in [0, 0.1) is 6.26 Å². The van der Waals surface area contributed by atoms with Crippen molar-refractivity contribution in [3.63, 3.8) is 0 Å². The van der Waals surface area contributed by atoms with Crippen LogP contribution in [-0.4, -0.2) is 9.78 Å². The maximum atomic E-state index is 4.06. The number of aromatic nitrogens is 2. The third-order valence-corrected chi connectivity index (χ3v) is 1.77. The smallest absolute Gasteiger partial charge is 0.0939 e. The lowest BCUT2D eigenvalue weighted by Gasteiger charge is -1.97. The van der Waals surface area contributed by atoms with Gasteiger partial charge in [-0.05, 0) is 13.0 Å². The lowest BCUT2D eigenvalue weighted by atomic mass is 10.7. The summed E-state index contributed by atoms with van der Waals surface area (Å²) in [5, 5.41) is 5.18. The summed E-state index contributed by atoms with van der Waals surface area (Å²) in [6, 6.07) is 1.96. The van der Waals surface area contributed by atoms with E-state index in [1.807, 2.05) is 10.7 Å². The first-order chi connectivity index (χ1) is 4.38. The zero-order valence-corrected chi connectivity index (χ0v) is 6.19. The van der Waals surface area contributed by atoms with Gasteiger partial charge in [0, 0.05) is 12.8 Å². The lowest BCUT2D eigenvalue weighted by molar-refractivity contribution is 0.606. The lowest BCUT2D eigenvalue weighted by Crippen LogP contribution is -1.96. The van der Waals surface area contributed by atoms with E-state index in [0.717, 1.165) is 11.6 Å². The summed E-state index contributed by atoms with van der Waals surface area (Å²) < 4.78 is 1.91. The van der Waals surface area contributed by atoms with Crippen LogP contribution in [0.4, 0.5) is 0 Å². The molecule has 1 aromatic heterocycles. The monoisotopic (exact) mass is 141 g/mol. The van der Waals surface area contributed by atoms with Gasteiger partial charge >= 0.3 is 0 Å². The quantitative estimate of drug-likeness (QED) is 0.584. The summed E-state index contributed by atoms with van der Waals surface area (Å²) in [4.78, 5) is 0. The van der Waals surface area contributed by atoms with Gasteiger partial charge in [0.1, 0.15) is 0 Å². The minimum absolute atomic E-state index is 0.921. The second-order valence-corrected chi connectivity index (χ2v) is 2.34. The topological polar surface area (TPSA) is 17.8 Å². The first-order valence-corrected chi connectivity index (χ1v) is 3.81. The first kappa shape index (κ1) is 6.68. The molecule has 0 N–H and O–H groups in total. The number of thioether (sulfide) groups is 1. The molecule has 0 aliphatic rings. The maximum absolute atomic E-state index is 4.06. The molecule has 49 valence electrons. The average molecular weight is 141 g/mol. The summed E-state index contributed by atoms with van der Waals surface area (Å²) in [6.07, 6.45) is 5.48. The molecule has 1 radical (unpaired) electrons. The molecule has 0 aliphatic carbocycles. The fourth-order valence-corrected chi connectivity index (χ4v) is 1.16. The Labute approximate surface area is 59.3 Å². The van der Waals surface area contributed by atoms with E-state index >= 15 is 0 Å². The van der Waals surface area contributed by atoms with E-state index in [0.29, 0.717) is 0 Å². The van der Waals surface area contributed by atoms with Gasteiger partial charge in [-0.25, -0.2) is 0 Å². The second-order valence-electron chi connectivity index (χ2n) is 1.63. The minimum atomic E-state index is 0.921. The molecule has 0 aliphatic heterocycles. The van der Waals surface area contributed by atoms with Crippen LogP contribution in [0.25, 0.3) is 0 Å². The predicted octanol–water partition coefficient (Wildman–Crippen LogP) is 1.79. The largest absolute Gasteiger partial charge is 0.259 e. The van der Waals surface area contributed by atoms with E-state index < -0.39 is 0 Å². The van der Waals surface area contributed by atoms with Crippen LogP contribution in [-0.2, 0) is 6.54 Å². The average Bonchev–Trinajstić information content (AvgIpc) is 2.33. The Morgan fingerprint density at radius 2 is 2.67 bits per heavy atom. The van der Waals surface area contributed by atoms with Crippen molar-refractivity contribution in [1.29, 1.82) is 0 Å².